The summed E-state index contributed by atoms with van der Waals surface area (Å²) in [5, 5.41) is 10.2. The molecule has 0 aromatic carbocycles. The van der Waals surface area contributed by atoms with Crippen molar-refractivity contribution in [3.8, 4) is 0 Å². The van der Waals surface area contributed by atoms with Crippen molar-refractivity contribution in [3.63, 3.8) is 0 Å². The first kappa shape index (κ1) is 14.7. The fourth-order valence-electron chi connectivity index (χ4n) is 3.83. The number of hydrogen-bond acceptors (Lipinski definition) is 5. The molecule has 0 radical (unpaired) electrons. The fourth-order valence-corrected chi connectivity index (χ4v) is 3.83. The molecule has 5 heteroatoms. The summed E-state index contributed by atoms with van der Waals surface area (Å²) < 4.78 is 5.82. The van der Waals surface area contributed by atoms with Gasteiger partial charge in [0.1, 0.15) is 11.6 Å². The molecule has 116 valence electrons. The fraction of sp³-hybridized carbons (Fsp3) is 0.750. The van der Waals surface area contributed by atoms with Crippen LogP contribution in [0.4, 0.5) is 5.82 Å². The molecule has 2 aliphatic rings. The second-order valence-corrected chi connectivity index (χ2v) is 6.33. The number of anilines is 1. The number of hydrogen-bond donors (Lipinski definition) is 1. The molecule has 1 saturated carbocycles. The van der Waals surface area contributed by atoms with Crippen molar-refractivity contribution in [2.45, 2.75) is 52.2 Å². The van der Waals surface area contributed by atoms with Crippen LogP contribution in [0, 0.1) is 19.3 Å². The van der Waals surface area contributed by atoms with Gasteiger partial charge in [0.05, 0.1) is 12.2 Å². The standard InChI is InChI=1S/C16H25N3O2/c1-4-21-14-10-13(20)16(14)5-7-19(8-6-16)15-9-11(2)17-12(3)18-15/h9,13-14,20H,4-8,10H2,1-3H3/t13-,14-/m1/s1. The second kappa shape index (κ2) is 5.54. The van der Waals surface area contributed by atoms with Gasteiger partial charge in [0, 0.05) is 43.3 Å². The Morgan fingerprint density at radius 3 is 2.62 bits per heavy atom. The van der Waals surface area contributed by atoms with Gasteiger partial charge in [0.15, 0.2) is 0 Å². The zero-order valence-corrected chi connectivity index (χ0v) is 13.2. The second-order valence-electron chi connectivity index (χ2n) is 6.33. The third kappa shape index (κ3) is 2.53. The number of aromatic nitrogens is 2. The molecule has 5 nitrogen and oxygen atoms in total. The topological polar surface area (TPSA) is 58.5 Å². The number of ether oxygens (including phenoxy) is 1. The van der Waals surface area contributed by atoms with E-state index in [1.54, 1.807) is 0 Å². The van der Waals surface area contributed by atoms with Gasteiger partial charge in [-0.15, -0.1) is 0 Å². The van der Waals surface area contributed by atoms with Crippen LogP contribution >= 0.6 is 0 Å². The molecule has 0 amide bonds. The van der Waals surface area contributed by atoms with Crippen molar-refractivity contribution in [1.82, 2.24) is 9.97 Å². The average Bonchev–Trinajstić information content (AvgIpc) is 2.46. The number of aliphatic hydroxyl groups excluding tert-OH is 1. The lowest BCUT2D eigenvalue weighted by atomic mass is 9.58. The van der Waals surface area contributed by atoms with E-state index < -0.39 is 0 Å². The molecule has 1 aliphatic heterocycles. The lowest BCUT2D eigenvalue weighted by Gasteiger charge is -2.56. The molecule has 1 spiro atoms. The smallest absolute Gasteiger partial charge is 0.132 e. The lowest BCUT2D eigenvalue weighted by Crippen LogP contribution is -2.62. The minimum absolute atomic E-state index is 0.0242. The van der Waals surface area contributed by atoms with Crippen LogP contribution in [-0.2, 0) is 4.74 Å². The van der Waals surface area contributed by atoms with Gasteiger partial charge in [-0.1, -0.05) is 0 Å². The molecule has 2 fully saturated rings. The van der Waals surface area contributed by atoms with E-state index in [9.17, 15) is 5.11 Å². The SMILES string of the molecule is CCO[C@@H]1C[C@@H](O)C12CCN(c1cc(C)nc(C)n1)CC2. The van der Waals surface area contributed by atoms with Gasteiger partial charge in [-0.2, -0.15) is 0 Å². The van der Waals surface area contributed by atoms with E-state index in [4.69, 9.17) is 4.74 Å². The summed E-state index contributed by atoms with van der Waals surface area (Å²) in [6.45, 7) is 8.55. The highest BCUT2D eigenvalue weighted by Crippen LogP contribution is 2.51. The van der Waals surface area contributed by atoms with Gasteiger partial charge in [-0.05, 0) is 33.6 Å². The number of nitrogens with zero attached hydrogens (tertiary/aromatic N) is 3. The zero-order valence-electron chi connectivity index (χ0n) is 13.2. The van der Waals surface area contributed by atoms with E-state index in [0.717, 1.165) is 56.3 Å². The number of rotatable bonds is 3. The number of aliphatic hydroxyl groups is 1. The van der Waals surface area contributed by atoms with Gasteiger partial charge in [0.2, 0.25) is 0 Å². The van der Waals surface area contributed by atoms with Crippen molar-refractivity contribution in [2.75, 3.05) is 24.6 Å². The summed E-state index contributed by atoms with van der Waals surface area (Å²) >= 11 is 0. The molecule has 1 aromatic rings. The Balaban J connectivity index is 1.70. The minimum atomic E-state index is -0.204. The first-order valence-electron chi connectivity index (χ1n) is 7.92. The van der Waals surface area contributed by atoms with E-state index in [2.05, 4.69) is 14.9 Å². The molecule has 2 atom stereocenters. The Morgan fingerprint density at radius 1 is 1.33 bits per heavy atom. The summed E-state index contributed by atoms with van der Waals surface area (Å²) in [4.78, 5) is 11.2. The van der Waals surface area contributed by atoms with Gasteiger partial charge in [0.25, 0.3) is 0 Å². The van der Waals surface area contributed by atoms with Crippen LogP contribution in [0.1, 0.15) is 37.7 Å². The van der Waals surface area contributed by atoms with E-state index in [-0.39, 0.29) is 17.6 Å². The summed E-state index contributed by atoms with van der Waals surface area (Å²) in [5.74, 6) is 1.83. The van der Waals surface area contributed by atoms with Gasteiger partial charge < -0.3 is 14.7 Å². The maximum atomic E-state index is 10.2. The number of piperidine rings is 1. The predicted molar refractivity (Wildman–Crippen MR) is 81.4 cm³/mol. The Kier molecular flexibility index (Phi) is 3.88. The molecule has 1 aliphatic carbocycles. The van der Waals surface area contributed by atoms with Crippen LogP contribution < -0.4 is 4.90 Å². The van der Waals surface area contributed by atoms with E-state index in [1.165, 1.54) is 0 Å². The van der Waals surface area contributed by atoms with Gasteiger partial charge in [-0.25, -0.2) is 9.97 Å². The van der Waals surface area contributed by atoms with Crippen LogP contribution in [0.25, 0.3) is 0 Å². The van der Waals surface area contributed by atoms with Crippen LogP contribution in [0.5, 0.6) is 0 Å². The monoisotopic (exact) mass is 291 g/mol. The van der Waals surface area contributed by atoms with Crippen molar-refractivity contribution in [2.24, 2.45) is 5.41 Å². The molecule has 21 heavy (non-hydrogen) atoms. The third-order valence-electron chi connectivity index (χ3n) is 5.08. The molecule has 2 heterocycles. The van der Waals surface area contributed by atoms with Gasteiger partial charge in [-0.3, -0.25) is 0 Å². The number of aryl methyl sites for hydroxylation is 2. The molecular formula is C16H25N3O2. The first-order chi connectivity index (χ1) is 10.0. The molecular weight excluding hydrogens is 266 g/mol. The quantitative estimate of drug-likeness (QED) is 0.921. The summed E-state index contributed by atoms with van der Waals surface area (Å²) in [6.07, 6.45) is 2.76. The van der Waals surface area contributed by atoms with E-state index in [1.807, 2.05) is 26.8 Å². The molecule has 3 rings (SSSR count). The Bertz CT molecular complexity index is 490. The van der Waals surface area contributed by atoms with Crippen LogP contribution in [0.15, 0.2) is 6.07 Å². The van der Waals surface area contributed by atoms with Crippen molar-refractivity contribution >= 4 is 5.82 Å². The highest BCUT2D eigenvalue weighted by Gasteiger charge is 2.56. The molecule has 0 bridgehead atoms. The maximum Gasteiger partial charge on any atom is 0.132 e. The highest BCUT2D eigenvalue weighted by molar-refractivity contribution is 5.40. The molecule has 0 unspecified atom stereocenters. The highest BCUT2D eigenvalue weighted by atomic mass is 16.5. The van der Waals surface area contributed by atoms with Crippen molar-refractivity contribution in [1.29, 1.82) is 0 Å². The van der Waals surface area contributed by atoms with Crippen molar-refractivity contribution in [3.05, 3.63) is 17.6 Å². The normalized spacial score (nSPS) is 27.7. The zero-order chi connectivity index (χ0) is 15.0. The van der Waals surface area contributed by atoms with Crippen LogP contribution in [-0.4, -0.2) is 47.0 Å². The van der Waals surface area contributed by atoms with Gasteiger partial charge >= 0.3 is 0 Å². The molecule has 1 saturated heterocycles. The third-order valence-corrected chi connectivity index (χ3v) is 5.08. The maximum absolute atomic E-state index is 10.2. The van der Waals surface area contributed by atoms with E-state index >= 15 is 0 Å². The summed E-state index contributed by atoms with van der Waals surface area (Å²) in [6, 6.07) is 2.04. The Hall–Kier alpha value is -1.20. The lowest BCUT2D eigenvalue weighted by molar-refractivity contribution is -0.199. The molecule has 1 aromatic heterocycles. The minimum Gasteiger partial charge on any atom is -0.392 e. The average molecular weight is 291 g/mol. The predicted octanol–water partition coefficient (Wildman–Crippen LogP) is 1.85. The largest absolute Gasteiger partial charge is 0.392 e. The Morgan fingerprint density at radius 2 is 2.05 bits per heavy atom. The first-order valence-corrected chi connectivity index (χ1v) is 7.92. The summed E-state index contributed by atoms with van der Waals surface area (Å²) in [5.41, 5.74) is 0.984. The summed E-state index contributed by atoms with van der Waals surface area (Å²) in [7, 11) is 0. The van der Waals surface area contributed by atoms with Crippen molar-refractivity contribution < 1.29 is 9.84 Å². The van der Waals surface area contributed by atoms with E-state index in [0.29, 0.717) is 0 Å². The molecule has 1 N–H and O–H groups in total. The Labute approximate surface area is 126 Å². The van der Waals surface area contributed by atoms with Crippen LogP contribution in [0.2, 0.25) is 0 Å². The van der Waals surface area contributed by atoms with Crippen LogP contribution in [0.3, 0.4) is 0 Å².